The highest BCUT2D eigenvalue weighted by Gasteiger charge is 2.16. The topological polar surface area (TPSA) is 60.0 Å². The third kappa shape index (κ3) is 5.19. The number of hydrogen-bond donors (Lipinski definition) is 1. The van der Waals surface area contributed by atoms with E-state index in [2.05, 4.69) is 10.2 Å². The third-order valence-corrected chi connectivity index (χ3v) is 4.37. The molecule has 0 aliphatic carbocycles. The summed E-state index contributed by atoms with van der Waals surface area (Å²) >= 11 is 0. The molecule has 2 fully saturated rings. The van der Waals surface area contributed by atoms with Crippen LogP contribution in [0.25, 0.3) is 0 Å². The summed E-state index contributed by atoms with van der Waals surface area (Å²) in [6, 6.07) is 7.32. The Morgan fingerprint density at radius 3 is 2.96 bits per heavy atom. The summed E-state index contributed by atoms with van der Waals surface area (Å²) in [5.41, 5.74) is 0.627. The van der Waals surface area contributed by atoms with Gasteiger partial charge < -0.3 is 19.5 Å². The summed E-state index contributed by atoms with van der Waals surface area (Å²) in [5.74, 6) is 0.650. The molecule has 0 saturated carbocycles. The molecule has 6 nitrogen and oxygen atoms in total. The van der Waals surface area contributed by atoms with Crippen LogP contribution >= 0.6 is 0 Å². The zero-order chi connectivity index (χ0) is 16.6. The van der Waals surface area contributed by atoms with Crippen LogP contribution in [0.15, 0.2) is 24.3 Å². The van der Waals surface area contributed by atoms with Gasteiger partial charge in [-0.05, 0) is 31.0 Å². The average molecular weight is 334 g/mol. The molecule has 1 aromatic rings. The van der Waals surface area contributed by atoms with Crippen LogP contribution < -0.4 is 10.1 Å². The van der Waals surface area contributed by atoms with Crippen molar-refractivity contribution in [3.63, 3.8) is 0 Å². The molecule has 0 aromatic heterocycles. The fourth-order valence-electron chi connectivity index (χ4n) is 2.95. The first kappa shape index (κ1) is 17.2. The van der Waals surface area contributed by atoms with Gasteiger partial charge in [0.15, 0.2) is 0 Å². The average Bonchev–Trinajstić information content (AvgIpc) is 3.15. The molecular formula is C18H26N2O4. The van der Waals surface area contributed by atoms with E-state index in [4.69, 9.17) is 14.2 Å². The normalized spacial score (nSPS) is 21.6. The fraction of sp³-hybridized carbons (Fsp3) is 0.611. The smallest absolute Gasteiger partial charge is 0.251 e. The van der Waals surface area contributed by atoms with Crippen molar-refractivity contribution < 1.29 is 19.0 Å². The Morgan fingerprint density at radius 1 is 1.29 bits per heavy atom. The number of nitrogens with one attached hydrogen (secondary N) is 1. The van der Waals surface area contributed by atoms with Crippen LogP contribution in [0, 0.1) is 0 Å². The standard InChI is InChI=1S/C18H26N2O4/c21-18(19-6-7-20-8-11-22-12-9-20)15-3-1-4-16(13-15)24-14-17-5-2-10-23-17/h1,3-4,13,17H,2,5-12,14H2,(H,19,21). The highest BCUT2D eigenvalue weighted by Crippen LogP contribution is 2.17. The SMILES string of the molecule is O=C(NCCN1CCOCC1)c1cccc(OCC2CCCO2)c1. The lowest BCUT2D eigenvalue weighted by atomic mass is 10.2. The molecule has 2 saturated heterocycles. The number of rotatable bonds is 7. The zero-order valence-corrected chi connectivity index (χ0v) is 14.0. The first-order valence-corrected chi connectivity index (χ1v) is 8.74. The fourth-order valence-corrected chi connectivity index (χ4v) is 2.95. The minimum Gasteiger partial charge on any atom is -0.491 e. The number of nitrogens with zero attached hydrogens (tertiary/aromatic N) is 1. The molecule has 1 amide bonds. The molecule has 6 heteroatoms. The van der Waals surface area contributed by atoms with Crippen molar-refractivity contribution in [1.82, 2.24) is 10.2 Å². The maximum absolute atomic E-state index is 12.3. The van der Waals surface area contributed by atoms with Crippen LogP contribution in [0.3, 0.4) is 0 Å². The van der Waals surface area contributed by atoms with Crippen molar-refractivity contribution in [3.8, 4) is 5.75 Å². The van der Waals surface area contributed by atoms with Gasteiger partial charge in [0.2, 0.25) is 0 Å². The Balaban J connectivity index is 1.42. The Morgan fingerprint density at radius 2 is 2.17 bits per heavy atom. The molecule has 1 N–H and O–H groups in total. The molecule has 0 bridgehead atoms. The molecule has 132 valence electrons. The summed E-state index contributed by atoms with van der Waals surface area (Å²) in [6.07, 6.45) is 2.32. The van der Waals surface area contributed by atoms with Gasteiger partial charge in [-0.3, -0.25) is 9.69 Å². The molecular weight excluding hydrogens is 308 g/mol. The second kappa shape index (κ2) is 9.01. The van der Waals surface area contributed by atoms with E-state index >= 15 is 0 Å². The monoisotopic (exact) mass is 334 g/mol. The molecule has 1 aromatic carbocycles. The van der Waals surface area contributed by atoms with Gasteiger partial charge in [0.1, 0.15) is 12.4 Å². The first-order valence-electron chi connectivity index (χ1n) is 8.74. The number of carbonyl (C=O) groups excluding carboxylic acids is 1. The highest BCUT2D eigenvalue weighted by molar-refractivity contribution is 5.94. The van der Waals surface area contributed by atoms with Gasteiger partial charge >= 0.3 is 0 Å². The van der Waals surface area contributed by atoms with E-state index in [1.165, 1.54) is 0 Å². The summed E-state index contributed by atoms with van der Waals surface area (Å²) in [6.45, 7) is 6.27. The maximum atomic E-state index is 12.3. The maximum Gasteiger partial charge on any atom is 0.251 e. The van der Waals surface area contributed by atoms with Crippen LogP contribution in [0.5, 0.6) is 5.75 Å². The van der Waals surface area contributed by atoms with Gasteiger partial charge in [0.05, 0.1) is 19.3 Å². The van der Waals surface area contributed by atoms with Gasteiger partial charge in [-0.25, -0.2) is 0 Å². The molecule has 3 rings (SSSR count). The van der Waals surface area contributed by atoms with Crippen LogP contribution in [-0.4, -0.2) is 69.5 Å². The lowest BCUT2D eigenvalue weighted by molar-refractivity contribution is 0.0383. The minimum absolute atomic E-state index is 0.0641. The Kier molecular flexibility index (Phi) is 6.46. The van der Waals surface area contributed by atoms with Gasteiger partial charge in [-0.1, -0.05) is 6.07 Å². The van der Waals surface area contributed by atoms with Crippen LogP contribution in [0.1, 0.15) is 23.2 Å². The van der Waals surface area contributed by atoms with E-state index in [1.807, 2.05) is 18.2 Å². The van der Waals surface area contributed by atoms with Crippen molar-refractivity contribution in [2.45, 2.75) is 18.9 Å². The van der Waals surface area contributed by atoms with Crippen molar-refractivity contribution >= 4 is 5.91 Å². The van der Waals surface area contributed by atoms with Crippen molar-refractivity contribution in [3.05, 3.63) is 29.8 Å². The second-order valence-electron chi connectivity index (χ2n) is 6.18. The van der Waals surface area contributed by atoms with E-state index < -0.39 is 0 Å². The lowest BCUT2D eigenvalue weighted by Crippen LogP contribution is -2.41. The quantitative estimate of drug-likeness (QED) is 0.815. The lowest BCUT2D eigenvalue weighted by Gasteiger charge is -2.26. The minimum atomic E-state index is -0.0641. The van der Waals surface area contributed by atoms with Crippen LogP contribution in [0.4, 0.5) is 0 Å². The predicted molar refractivity (Wildman–Crippen MR) is 90.5 cm³/mol. The van der Waals surface area contributed by atoms with Crippen LogP contribution in [-0.2, 0) is 9.47 Å². The summed E-state index contributed by atoms with van der Waals surface area (Å²) in [4.78, 5) is 14.6. The van der Waals surface area contributed by atoms with Gasteiger partial charge in [0.25, 0.3) is 5.91 Å². The summed E-state index contributed by atoms with van der Waals surface area (Å²) in [5, 5.41) is 2.97. The van der Waals surface area contributed by atoms with Gasteiger partial charge in [-0.15, -0.1) is 0 Å². The molecule has 24 heavy (non-hydrogen) atoms. The second-order valence-corrected chi connectivity index (χ2v) is 6.18. The van der Waals surface area contributed by atoms with E-state index in [0.717, 1.165) is 52.3 Å². The van der Waals surface area contributed by atoms with E-state index in [1.54, 1.807) is 6.07 Å². The van der Waals surface area contributed by atoms with E-state index in [-0.39, 0.29) is 12.0 Å². The number of benzene rings is 1. The van der Waals surface area contributed by atoms with Gasteiger partial charge in [-0.2, -0.15) is 0 Å². The van der Waals surface area contributed by atoms with Crippen molar-refractivity contribution in [2.24, 2.45) is 0 Å². The molecule has 1 atom stereocenters. The van der Waals surface area contributed by atoms with Gasteiger partial charge in [0, 0.05) is 38.3 Å². The Labute approximate surface area is 143 Å². The Hall–Kier alpha value is -1.63. The number of ether oxygens (including phenoxy) is 3. The third-order valence-electron chi connectivity index (χ3n) is 4.37. The molecule has 0 spiro atoms. The number of amides is 1. The molecule has 2 aliphatic heterocycles. The molecule has 0 radical (unpaired) electrons. The number of carbonyl (C=O) groups is 1. The summed E-state index contributed by atoms with van der Waals surface area (Å²) in [7, 11) is 0. The van der Waals surface area contributed by atoms with Crippen molar-refractivity contribution in [1.29, 1.82) is 0 Å². The van der Waals surface area contributed by atoms with E-state index in [0.29, 0.717) is 24.5 Å². The summed E-state index contributed by atoms with van der Waals surface area (Å²) < 4.78 is 16.6. The highest BCUT2D eigenvalue weighted by atomic mass is 16.5. The molecule has 1 unspecified atom stereocenters. The molecule has 2 heterocycles. The first-order chi connectivity index (χ1) is 11.8. The number of hydrogen-bond acceptors (Lipinski definition) is 5. The predicted octanol–water partition coefficient (Wildman–Crippen LogP) is 1.31. The van der Waals surface area contributed by atoms with E-state index in [9.17, 15) is 4.79 Å². The Bertz CT molecular complexity index is 526. The van der Waals surface area contributed by atoms with Crippen LogP contribution in [0.2, 0.25) is 0 Å². The largest absolute Gasteiger partial charge is 0.491 e. The molecule has 2 aliphatic rings. The van der Waals surface area contributed by atoms with Crippen molar-refractivity contribution in [2.75, 3.05) is 52.6 Å². The zero-order valence-electron chi connectivity index (χ0n) is 14.0. The number of morpholine rings is 1.